The molecular weight excluding hydrogens is 286 g/mol. The summed E-state index contributed by atoms with van der Waals surface area (Å²) >= 11 is 6.00. The van der Waals surface area contributed by atoms with Gasteiger partial charge in [-0.15, -0.1) is 0 Å². The van der Waals surface area contributed by atoms with E-state index in [1.165, 1.54) is 0 Å². The van der Waals surface area contributed by atoms with Gasteiger partial charge in [-0.05, 0) is 37.3 Å². The number of hydrogen-bond acceptors (Lipinski definition) is 3. The zero-order chi connectivity index (χ0) is 15.0. The molecule has 0 aliphatic heterocycles. The molecule has 0 saturated heterocycles. The van der Waals surface area contributed by atoms with Crippen molar-refractivity contribution in [3.05, 3.63) is 53.1 Å². The van der Waals surface area contributed by atoms with Crippen molar-refractivity contribution in [3.63, 3.8) is 0 Å². The molecule has 1 heterocycles. The van der Waals surface area contributed by atoms with Gasteiger partial charge in [0.25, 0.3) is 0 Å². The fraction of sp³-hybridized carbons (Fsp3) is 0.188. The van der Waals surface area contributed by atoms with E-state index in [2.05, 4.69) is 10.3 Å². The van der Waals surface area contributed by atoms with Crippen LogP contribution in [0.15, 0.2) is 42.5 Å². The number of imidazole rings is 1. The fourth-order valence-electron chi connectivity index (χ4n) is 2.42. The van der Waals surface area contributed by atoms with Gasteiger partial charge >= 0.3 is 0 Å². The van der Waals surface area contributed by atoms with Crippen LogP contribution in [-0.4, -0.2) is 14.7 Å². The number of rotatable bonds is 3. The molecule has 0 spiro atoms. The third-order valence-electron chi connectivity index (χ3n) is 3.59. The van der Waals surface area contributed by atoms with Gasteiger partial charge in [-0.25, -0.2) is 4.98 Å². The molecular formula is C16H16ClN3O. The zero-order valence-electron chi connectivity index (χ0n) is 11.8. The van der Waals surface area contributed by atoms with Gasteiger partial charge in [0.2, 0.25) is 5.95 Å². The summed E-state index contributed by atoms with van der Waals surface area (Å²) in [6.07, 6.45) is 0. The maximum atomic E-state index is 9.97. The Morgan fingerprint density at radius 2 is 2.00 bits per heavy atom. The topological polar surface area (TPSA) is 50.1 Å². The maximum absolute atomic E-state index is 9.97. The van der Waals surface area contributed by atoms with Gasteiger partial charge in [-0.3, -0.25) is 0 Å². The van der Waals surface area contributed by atoms with Gasteiger partial charge in [0, 0.05) is 17.6 Å². The van der Waals surface area contributed by atoms with E-state index in [0.717, 1.165) is 22.5 Å². The van der Waals surface area contributed by atoms with E-state index in [9.17, 15) is 5.11 Å². The van der Waals surface area contributed by atoms with Crippen molar-refractivity contribution < 1.29 is 5.11 Å². The molecule has 0 bridgehead atoms. The number of hydrogen-bond donors (Lipinski definition) is 2. The Morgan fingerprint density at radius 3 is 2.76 bits per heavy atom. The number of aryl methyl sites for hydroxylation is 1. The van der Waals surface area contributed by atoms with E-state index >= 15 is 0 Å². The summed E-state index contributed by atoms with van der Waals surface area (Å²) in [6.45, 7) is 1.96. The summed E-state index contributed by atoms with van der Waals surface area (Å²) in [7, 11) is 1.96. The highest BCUT2D eigenvalue weighted by Gasteiger charge is 2.14. The summed E-state index contributed by atoms with van der Waals surface area (Å²) in [4.78, 5) is 4.57. The fourth-order valence-corrected chi connectivity index (χ4v) is 2.60. The highest BCUT2D eigenvalue weighted by molar-refractivity contribution is 6.30. The monoisotopic (exact) mass is 301 g/mol. The SMILES string of the molecule is CC(Nc1nc2ccccc2n1C)c1cc(Cl)ccc1O. The van der Waals surface area contributed by atoms with E-state index < -0.39 is 0 Å². The highest BCUT2D eigenvalue weighted by atomic mass is 35.5. The van der Waals surface area contributed by atoms with Gasteiger partial charge in [0.05, 0.1) is 17.1 Å². The first-order valence-corrected chi connectivity index (χ1v) is 7.10. The lowest BCUT2D eigenvalue weighted by Crippen LogP contribution is -2.10. The Hall–Kier alpha value is -2.20. The molecule has 2 aromatic carbocycles. The Bertz CT molecular complexity index is 797. The van der Waals surface area contributed by atoms with Crippen LogP contribution >= 0.6 is 11.6 Å². The number of nitrogens with one attached hydrogen (secondary N) is 1. The first-order valence-electron chi connectivity index (χ1n) is 6.72. The molecule has 4 nitrogen and oxygen atoms in total. The van der Waals surface area contributed by atoms with Crippen molar-refractivity contribution in [1.29, 1.82) is 0 Å². The van der Waals surface area contributed by atoms with E-state index in [0.29, 0.717) is 5.02 Å². The molecule has 21 heavy (non-hydrogen) atoms. The lowest BCUT2D eigenvalue weighted by Gasteiger charge is -2.16. The predicted molar refractivity (Wildman–Crippen MR) is 85.9 cm³/mol. The second-order valence-corrected chi connectivity index (χ2v) is 5.49. The summed E-state index contributed by atoms with van der Waals surface area (Å²) in [5, 5.41) is 13.9. The average Bonchev–Trinajstić information content (AvgIpc) is 2.78. The second kappa shape index (κ2) is 5.30. The van der Waals surface area contributed by atoms with Crippen molar-refractivity contribution in [3.8, 4) is 5.75 Å². The van der Waals surface area contributed by atoms with E-state index in [4.69, 9.17) is 11.6 Å². The zero-order valence-corrected chi connectivity index (χ0v) is 12.6. The normalized spacial score (nSPS) is 12.5. The Kier molecular flexibility index (Phi) is 3.47. The number of halogens is 1. The van der Waals surface area contributed by atoms with Crippen LogP contribution in [0.3, 0.4) is 0 Å². The molecule has 5 heteroatoms. The summed E-state index contributed by atoms with van der Waals surface area (Å²) in [5.41, 5.74) is 2.74. The number of aromatic hydroxyl groups is 1. The number of phenolic OH excluding ortho intramolecular Hbond substituents is 1. The summed E-state index contributed by atoms with van der Waals surface area (Å²) < 4.78 is 1.99. The molecule has 0 saturated carbocycles. The molecule has 0 radical (unpaired) electrons. The molecule has 0 aliphatic rings. The van der Waals surface area contributed by atoms with Gasteiger partial charge in [0.15, 0.2) is 0 Å². The highest BCUT2D eigenvalue weighted by Crippen LogP contribution is 2.30. The number of phenols is 1. The van der Waals surface area contributed by atoms with Crippen LogP contribution in [0.1, 0.15) is 18.5 Å². The number of fused-ring (bicyclic) bond motifs is 1. The maximum Gasteiger partial charge on any atom is 0.204 e. The van der Waals surface area contributed by atoms with Crippen LogP contribution in [0.5, 0.6) is 5.75 Å². The molecule has 1 atom stereocenters. The Labute approximate surface area is 128 Å². The van der Waals surface area contributed by atoms with Crippen LogP contribution in [0, 0.1) is 0 Å². The van der Waals surface area contributed by atoms with E-state index in [-0.39, 0.29) is 11.8 Å². The average molecular weight is 302 g/mol. The Balaban J connectivity index is 1.94. The quantitative estimate of drug-likeness (QED) is 0.765. The van der Waals surface area contributed by atoms with Crippen LogP contribution in [0.2, 0.25) is 5.02 Å². The third kappa shape index (κ3) is 2.54. The van der Waals surface area contributed by atoms with Crippen molar-refractivity contribution in [2.75, 3.05) is 5.32 Å². The molecule has 1 aromatic heterocycles. The summed E-state index contributed by atoms with van der Waals surface area (Å²) in [6, 6.07) is 12.9. The van der Waals surface area contributed by atoms with Gasteiger partial charge in [-0.2, -0.15) is 0 Å². The third-order valence-corrected chi connectivity index (χ3v) is 3.82. The molecule has 0 aliphatic carbocycles. The number of nitrogens with zero attached hydrogens (tertiary/aromatic N) is 2. The number of para-hydroxylation sites is 2. The predicted octanol–water partition coefficient (Wildman–Crippen LogP) is 4.11. The minimum atomic E-state index is -0.112. The number of benzene rings is 2. The Morgan fingerprint density at radius 1 is 1.24 bits per heavy atom. The van der Waals surface area contributed by atoms with E-state index in [1.54, 1.807) is 18.2 Å². The van der Waals surface area contributed by atoms with Crippen LogP contribution in [0.25, 0.3) is 11.0 Å². The van der Waals surface area contributed by atoms with Crippen LogP contribution < -0.4 is 5.32 Å². The smallest absolute Gasteiger partial charge is 0.204 e. The molecule has 3 aromatic rings. The van der Waals surface area contributed by atoms with Crippen LogP contribution in [-0.2, 0) is 7.05 Å². The first-order chi connectivity index (χ1) is 10.1. The molecule has 0 fully saturated rings. The molecule has 3 rings (SSSR count). The largest absolute Gasteiger partial charge is 0.508 e. The standard InChI is InChI=1S/C16H16ClN3O/c1-10(12-9-11(17)7-8-15(12)21)18-16-19-13-5-3-4-6-14(13)20(16)2/h3-10,21H,1-2H3,(H,18,19). The molecule has 1 unspecified atom stereocenters. The van der Waals surface area contributed by atoms with Crippen molar-refractivity contribution in [1.82, 2.24) is 9.55 Å². The van der Waals surface area contributed by atoms with Gasteiger partial charge in [-0.1, -0.05) is 23.7 Å². The van der Waals surface area contributed by atoms with Crippen molar-refractivity contribution in [2.24, 2.45) is 7.05 Å². The molecule has 2 N–H and O–H groups in total. The number of aromatic nitrogens is 2. The van der Waals surface area contributed by atoms with Crippen molar-refractivity contribution >= 4 is 28.6 Å². The van der Waals surface area contributed by atoms with E-state index in [1.807, 2.05) is 42.8 Å². The van der Waals surface area contributed by atoms with Crippen LogP contribution in [0.4, 0.5) is 5.95 Å². The first kappa shape index (κ1) is 13.8. The van der Waals surface area contributed by atoms with Gasteiger partial charge < -0.3 is 15.0 Å². The summed E-state index contributed by atoms with van der Waals surface area (Å²) in [5.74, 6) is 0.973. The lowest BCUT2D eigenvalue weighted by molar-refractivity contribution is 0.465. The van der Waals surface area contributed by atoms with Gasteiger partial charge in [0.1, 0.15) is 5.75 Å². The molecule has 0 amide bonds. The second-order valence-electron chi connectivity index (χ2n) is 5.05. The van der Waals surface area contributed by atoms with Crippen molar-refractivity contribution in [2.45, 2.75) is 13.0 Å². The lowest BCUT2D eigenvalue weighted by atomic mass is 10.1. The minimum Gasteiger partial charge on any atom is -0.508 e. The number of anilines is 1. The minimum absolute atomic E-state index is 0.112. The molecule has 108 valence electrons.